The SMILES string of the molecule is CO[C@H]1CN(Cc2ccnc3ccccc23)CC[C@@]12CCCO2. The third-order valence-corrected chi connectivity index (χ3v) is 5.41. The molecule has 0 N–H and O–H groups in total. The third kappa shape index (κ3) is 2.75. The fourth-order valence-electron chi connectivity index (χ4n) is 4.14. The number of ether oxygens (including phenoxy) is 2. The highest BCUT2D eigenvalue weighted by atomic mass is 16.5. The van der Waals surface area contributed by atoms with Gasteiger partial charge in [0.1, 0.15) is 0 Å². The van der Waals surface area contributed by atoms with E-state index in [1.54, 1.807) is 0 Å². The van der Waals surface area contributed by atoms with E-state index >= 15 is 0 Å². The average molecular weight is 312 g/mol. The summed E-state index contributed by atoms with van der Waals surface area (Å²) in [5.74, 6) is 0. The molecular weight excluding hydrogens is 288 g/mol. The lowest BCUT2D eigenvalue weighted by molar-refractivity contribution is -0.143. The Kier molecular flexibility index (Phi) is 4.05. The summed E-state index contributed by atoms with van der Waals surface area (Å²) in [6.45, 7) is 3.83. The molecule has 4 nitrogen and oxygen atoms in total. The minimum Gasteiger partial charge on any atom is -0.377 e. The summed E-state index contributed by atoms with van der Waals surface area (Å²) in [7, 11) is 1.82. The number of methoxy groups -OCH3 is 1. The molecule has 3 heterocycles. The maximum Gasteiger partial charge on any atom is 0.0987 e. The first-order chi connectivity index (χ1) is 11.3. The van der Waals surface area contributed by atoms with Crippen LogP contribution in [0.1, 0.15) is 24.8 Å². The third-order valence-electron chi connectivity index (χ3n) is 5.41. The number of benzene rings is 1. The lowest BCUT2D eigenvalue weighted by atomic mass is 9.85. The van der Waals surface area contributed by atoms with E-state index in [1.165, 1.54) is 10.9 Å². The predicted octanol–water partition coefficient (Wildman–Crippen LogP) is 3.00. The van der Waals surface area contributed by atoms with Crippen LogP contribution in [0, 0.1) is 0 Å². The standard InChI is InChI=1S/C19H24N2O2/c1-22-18-14-21(11-9-19(18)8-4-12-23-19)13-15-7-10-20-17-6-3-2-5-16(15)17/h2-3,5-7,10,18H,4,8-9,11-14H2,1H3/t18-,19-/m0/s1. The van der Waals surface area contributed by atoms with Crippen molar-refractivity contribution in [2.24, 2.45) is 0 Å². The van der Waals surface area contributed by atoms with Gasteiger partial charge in [0.05, 0.1) is 17.2 Å². The van der Waals surface area contributed by atoms with Crippen molar-refractivity contribution < 1.29 is 9.47 Å². The molecule has 4 heteroatoms. The van der Waals surface area contributed by atoms with Crippen molar-refractivity contribution in [2.45, 2.75) is 37.5 Å². The Morgan fingerprint density at radius 3 is 3.04 bits per heavy atom. The number of pyridine rings is 1. The first-order valence-electron chi connectivity index (χ1n) is 8.52. The maximum absolute atomic E-state index is 6.09. The second-order valence-electron chi connectivity index (χ2n) is 6.71. The van der Waals surface area contributed by atoms with Crippen molar-refractivity contribution in [3.8, 4) is 0 Å². The molecule has 2 atom stereocenters. The van der Waals surface area contributed by atoms with E-state index in [9.17, 15) is 0 Å². The molecule has 0 aliphatic carbocycles. The van der Waals surface area contributed by atoms with Crippen LogP contribution >= 0.6 is 0 Å². The van der Waals surface area contributed by atoms with Crippen molar-refractivity contribution in [1.29, 1.82) is 0 Å². The zero-order valence-electron chi connectivity index (χ0n) is 13.7. The van der Waals surface area contributed by atoms with Crippen LogP contribution in [0.25, 0.3) is 10.9 Å². The van der Waals surface area contributed by atoms with Gasteiger partial charge < -0.3 is 9.47 Å². The van der Waals surface area contributed by atoms with Crippen molar-refractivity contribution in [2.75, 3.05) is 26.8 Å². The summed E-state index contributed by atoms with van der Waals surface area (Å²) in [4.78, 5) is 6.95. The zero-order valence-corrected chi connectivity index (χ0v) is 13.7. The Morgan fingerprint density at radius 2 is 2.22 bits per heavy atom. The summed E-state index contributed by atoms with van der Waals surface area (Å²) < 4.78 is 11.9. The lowest BCUT2D eigenvalue weighted by Gasteiger charge is -2.44. The normalized spacial score (nSPS) is 28.7. The van der Waals surface area contributed by atoms with E-state index in [-0.39, 0.29) is 11.7 Å². The summed E-state index contributed by atoms with van der Waals surface area (Å²) >= 11 is 0. The number of likely N-dealkylation sites (tertiary alicyclic amines) is 1. The highest BCUT2D eigenvalue weighted by molar-refractivity contribution is 5.81. The Labute approximate surface area is 137 Å². The fraction of sp³-hybridized carbons (Fsp3) is 0.526. The quantitative estimate of drug-likeness (QED) is 0.872. The van der Waals surface area contributed by atoms with Gasteiger partial charge >= 0.3 is 0 Å². The minimum atomic E-state index is -0.0361. The summed E-state index contributed by atoms with van der Waals surface area (Å²) in [5, 5.41) is 1.25. The first-order valence-corrected chi connectivity index (χ1v) is 8.52. The molecule has 2 saturated heterocycles. The molecule has 0 bridgehead atoms. The maximum atomic E-state index is 6.09. The van der Waals surface area contributed by atoms with E-state index in [2.05, 4.69) is 34.1 Å². The summed E-state index contributed by atoms with van der Waals surface area (Å²) in [6, 6.07) is 10.5. The molecule has 0 unspecified atom stereocenters. The number of piperidine rings is 1. The van der Waals surface area contributed by atoms with Crippen LogP contribution in [-0.2, 0) is 16.0 Å². The van der Waals surface area contributed by atoms with Gasteiger partial charge in [-0.25, -0.2) is 0 Å². The average Bonchev–Trinajstić information content (AvgIpc) is 3.06. The molecule has 0 radical (unpaired) electrons. The molecule has 2 aliphatic heterocycles. The van der Waals surface area contributed by atoms with Gasteiger partial charge in [0, 0.05) is 44.9 Å². The Morgan fingerprint density at radius 1 is 1.30 bits per heavy atom. The number of hydrogen-bond acceptors (Lipinski definition) is 4. The van der Waals surface area contributed by atoms with Crippen LogP contribution in [0.3, 0.4) is 0 Å². The second-order valence-corrected chi connectivity index (χ2v) is 6.71. The molecule has 2 aromatic rings. The van der Waals surface area contributed by atoms with Gasteiger partial charge in [-0.05, 0) is 37.0 Å². The minimum absolute atomic E-state index is 0.0361. The highest BCUT2D eigenvalue weighted by Crippen LogP contribution is 2.37. The summed E-state index contributed by atoms with van der Waals surface area (Å²) in [5.41, 5.74) is 2.38. The van der Waals surface area contributed by atoms with Gasteiger partial charge in [-0.3, -0.25) is 9.88 Å². The van der Waals surface area contributed by atoms with Crippen LogP contribution in [0.2, 0.25) is 0 Å². The molecule has 122 valence electrons. The number of para-hydroxylation sites is 1. The number of hydrogen-bond donors (Lipinski definition) is 0. The van der Waals surface area contributed by atoms with Crippen molar-refractivity contribution >= 4 is 10.9 Å². The van der Waals surface area contributed by atoms with E-state index in [4.69, 9.17) is 9.47 Å². The van der Waals surface area contributed by atoms with Gasteiger partial charge in [-0.2, -0.15) is 0 Å². The van der Waals surface area contributed by atoms with Gasteiger partial charge in [0.25, 0.3) is 0 Å². The first kappa shape index (κ1) is 15.1. The van der Waals surface area contributed by atoms with Gasteiger partial charge in [-0.1, -0.05) is 18.2 Å². The summed E-state index contributed by atoms with van der Waals surface area (Å²) in [6.07, 6.45) is 5.45. The Balaban J connectivity index is 1.53. The smallest absolute Gasteiger partial charge is 0.0987 e. The molecule has 1 aromatic heterocycles. The van der Waals surface area contributed by atoms with Crippen molar-refractivity contribution in [3.05, 3.63) is 42.1 Å². The topological polar surface area (TPSA) is 34.6 Å². The van der Waals surface area contributed by atoms with Crippen LogP contribution in [0.15, 0.2) is 36.5 Å². The van der Waals surface area contributed by atoms with E-state index in [0.29, 0.717) is 0 Å². The zero-order chi connectivity index (χ0) is 15.7. The van der Waals surface area contributed by atoms with Crippen LogP contribution in [0.4, 0.5) is 0 Å². The molecular formula is C19H24N2O2. The van der Waals surface area contributed by atoms with Crippen LogP contribution in [-0.4, -0.2) is 48.4 Å². The molecule has 0 saturated carbocycles. The molecule has 0 amide bonds. The number of aromatic nitrogens is 1. The van der Waals surface area contributed by atoms with Crippen LogP contribution in [0.5, 0.6) is 0 Å². The predicted molar refractivity (Wildman–Crippen MR) is 90.4 cm³/mol. The van der Waals surface area contributed by atoms with Crippen molar-refractivity contribution in [1.82, 2.24) is 9.88 Å². The molecule has 1 aromatic carbocycles. The lowest BCUT2D eigenvalue weighted by Crippen LogP contribution is -2.55. The van der Waals surface area contributed by atoms with E-state index < -0.39 is 0 Å². The number of rotatable bonds is 3. The molecule has 23 heavy (non-hydrogen) atoms. The molecule has 2 fully saturated rings. The van der Waals surface area contributed by atoms with Crippen LogP contribution < -0.4 is 0 Å². The Hall–Kier alpha value is -1.49. The number of fused-ring (bicyclic) bond motifs is 1. The van der Waals surface area contributed by atoms with E-state index in [1.807, 2.05) is 19.4 Å². The Bertz CT molecular complexity index is 677. The molecule has 4 rings (SSSR count). The van der Waals surface area contributed by atoms with Gasteiger partial charge in [0.2, 0.25) is 0 Å². The van der Waals surface area contributed by atoms with Crippen molar-refractivity contribution in [3.63, 3.8) is 0 Å². The highest BCUT2D eigenvalue weighted by Gasteiger charge is 2.46. The molecule has 1 spiro atoms. The second kappa shape index (κ2) is 6.19. The fourth-order valence-corrected chi connectivity index (χ4v) is 4.14. The number of nitrogens with zero attached hydrogens (tertiary/aromatic N) is 2. The van der Waals surface area contributed by atoms with Gasteiger partial charge in [-0.15, -0.1) is 0 Å². The molecule has 2 aliphatic rings. The van der Waals surface area contributed by atoms with E-state index in [0.717, 1.165) is 51.0 Å². The monoisotopic (exact) mass is 312 g/mol. The largest absolute Gasteiger partial charge is 0.377 e. The van der Waals surface area contributed by atoms with Gasteiger partial charge in [0.15, 0.2) is 0 Å².